The Morgan fingerprint density at radius 2 is 2.29 bits per heavy atom. The standard InChI is InChI=1S/C18H28N2O/c1-3-11-19-18(16-10-9-13(2)21-16)15-8-4-6-14-7-5-12-20-17(14)15/h5,7,12-13,15-16,18-19H,3-4,6,8-11H2,1-2H3. The number of nitrogens with zero attached hydrogens (tertiary/aromatic N) is 1. The van der Waals surface area contributed by atoms with Gasteiger partial charge in [0.25, 0.3) is 0 Å². The van der Waals surface area contributed by atoms with Crippen LogP contribution in [0.25, 0.3) is 0 Å². The summed E-state index contributed by atoms with van der Waals surface area (Å²) in [4.78, 5) is 4.72. The van der Waals surface area contributed by atoms with Crippen LogP contribution in [0.3, 0.4) is 0 Å². The maximum Gasteiger partial charge on any atom is 0.0739 e. The predicted molar refractivity (Wildman–Crippen MR) is 85.6 cm³/mol. The summed E-state index contributed by atoms with van der Waals surface area (Å²) < 4.78 is 6.20. The molecule has 3 heteroatoms. The van der Waals surface area contributed by atoms with Crippen LogP contribution in [0.5, 0.6) is 0 Å². The molecule has 1 aromatic heterocycles. The summed E-state index contributed by atoms with van der Waals surface area (Å²) >= 11 is 0. The molecule has 0 amide bonds. The summed E-state index contributed by atoms with van der Waals surface area (Å²) in [7, 11) is 0. The second-order valence-corrected chi connectivity index (χ2v) is 6.59. The van der Waals surface area contributed by atoms with E-state index in [-0.39, 0.29) is 0 Å². The third-order valence-electron chi connectivity index (χ3n) is 4.97. The van der Waals surface area contributed by atoms with Gasteiger partial charge in [0.2, 0.25) is 0 Å². The SMILES string of the molecule is CCCNC(C1CCC(C)O1)C1CCCc2cccnc21. The zero-order valence-electron chi connectivity index (χ0n) is 13.3. The Morgan fingerprint density at radius 1 is 1.38 bits per heavy atom. The first kappa shape index (κ1) is 15.0. The molecule has 0 radical (unpaired) electrons. The fourth-order valence-electron chi connectivity index (χ4n) is 3.94. The second-order valence-electron chi connectivity index (χ2n) is 6.59. The van der Waals surface area contributed by atoms with Gasteiger partial charge in [-0.2, -0.15) is 0 Å². The molecule has 0 spiro atoms. The van der Waals surface area contributed by atoms with E-state index in [0.717, 1.165) is 6.54 Å². The van der Waals surface area contributed by atoms with Crippen LogP contribution in [-0.2, 0) is 11.2 Å². The molecule has 0 saturated carbocycles. The topological polar surface area (TPSA) is 34.1 Å². The molecule has 2 heterocycles. The van der Waals surface area contributed by atoms with Gasteiger partial charge in [0.15, 0.2) is 0 Å². The Balaban J connectivity index is 1.83. The van der Waals surface area contributed by atoms with Crippen LogP contribution in [0, 0.1) is 0 Å². The molecule has 1 saturated heterocycles. The lowest BCUT2D eigenvalue weighted by atomic mass is 9.79. The predicted octanol–water partition coefficient (Wildman–Crippen LogP) is 3.44. The van der Waals surface area contributed by atoms with Crippen molar-refractivity contribution in [2.75, 3.05) is 6.54 Å². The van der Waals surface area contributed by atoms with E-state index in [1.807, 2.05) is 6.20 Å². The first-order valence-corrected chi connectivity index (χ1v) is 8.62. The molecule has 3 nitrogen and oxygen atoms in total. The average molecular weight is 288 g/mol. The monoisotopic (exact) mass is 288 g/mol. The average Bonchev–Trinajstić information content (AvgIpc) is 2.94. The van der Waals surface area contributed by atoms with E-state index in [4.69, 9.17) is 9.72 Å². The first-order chi connectivity index (χ1) is 10.3. The molecule has 3 rings (SSSR count). The summed E-state index contributed by atoms with van der Waals surface area (Å²) in [6.45, 7) is 5.50. The van der Waals surface area contributed by atoms with E-state index in [1.54, 1.807) is 0 Å². The Labute approximate surface area is 128 Å². The smallest absolute Gasteiger partial charge is 0.0739 e. The molecule has 1 aliphatic heterocycles. The largest absolute Gasteiger partial charge is 0.374 e. The minimum atomic E-state index is 0.351. The molecule has 1 aliphatic carbocycles. The van der Waals surface area contributed by atoms with E-state index in [9.17, 15) is 0 Å². The van der Waals surface area contributed by atoms with E-state index < -0.39 is 0 Å². The highest BCUT2D eigenvalue weighted by molar-refractivity contribution is 5.28. The molecule has 4 unspecified atom stereocenters. The van der Waals surface area contributed by atoms with Gasteiger partial charge in [-0.1, -0.05) is 13.0 Å². The quantitative estimate of drug-likeness (QED) is 0.901. The summed E-state index contributed by atoms with van der Waals surface area (Å²) in [5, 5.41) is 3.78. The van der Waals surface area contributed by atoms with E-state index in [0.29, 0.717) is 24.2 Å². The van der Waals surface area contributed by atoms with Crippen molar-refractivity contribution in [1.29, 1.82) is 0 Å². The number of nitrogens with one attached hydrogen (secondary N) is 1. The number of aryl methyl sites for hydroxylation is 1. The molecule has 2 aliphatic rings. The van der Waals surface area contributed by atoms with Gasteiger partial charge < -0.3 is 10.1 Å². The van der Waals surface area contributed by atoms with Gasteiger partial charge in [0.05, 0.1) is 12.2 Å². The molecule has 0 aromatic carbocycles. The maximum atomic E-state index is 6.20. The lowest BCUT2D eigenvalue weighted by Gasteiger charge is -2.35. The number of hydrogen-bond acceptors (Lipinski definition) is 3. The van der Waals surface area contributed by atoms with Crippen LogP contribution in [0.1, 0.15) is 63.1 Å². The van der Waals surface area contributed by atoms with E-state index >= 15 is 0 Å². The van der Waals surface area contributed by atoms with Crippen molar-refractivity contribution >= 4 is 0 Å². The Kier molecular flexibility index (Phi) is 4.91. The van der Waals surface area contributed by atoms with Gasteiger partial charge in [0.1, 0.15) is 0 Å². The second kappa shape index (κ2) is 6.89. The van der Waals surface area contributed by atoms with Crippen LogP contribution < -0.4 is 5.32 Å². The van der Waals surface area contributed by atoms with Crippen molar-refractivity contribution in [2.24, 2.45) is 0 Å². The van der Waals surface area contributed by atoms with E-state index in [1.165, 1.54) is 49.8 Å². The zero-order chi connectivity index (χ0) is 14.7. The number of pyridine rings is 1. The van der Waals surface area contributed by atoms with Crippen molar-refractivity contribution in [1.82, 2.24) is 10.3 Å². The third kappa shape index (κ3) is 3.29. The molecular formula is C18H28N2O. The molecule has 1 aromatic rings. The van der Waals surface area contributed by atoms with Gasteiger partial charge in [-0.25, -0.2) is 0 Å². The van der Waals surface area contributed by atoms with Gasteiger partial charge in [-0.05, 0) is 63.6 Å². The minimum Gasteiger partial charge on any atom is -0.374 e. The van der Waals surface area contributed by atoms with E-state index in [2.05, 4.69) is 31.3 Å². The van der Waals surface area contributed by atoms with Gasteiger partial charge in [-0.3, -0.25) is 4.98 Å². The van der Waals surface area contributed by atoms with Gasteiger partial charge in [0, 0.05) is 23.9 Å². The molecular weight excluding hydrogens is 260 g/mol. The Bertz CT molecular complexity index is 462. The minimum absolute atomic E-state index is 0.351. The summed E-state index contributed by atoms with van der Waals surface area (Å²) in [5.41, 5.74) is 2.77. The Morgan fingerprint density at radius 3 is 3.05 bits per heavy atom. The van der Waals surface area contributed by atoms with Crippen LogP contribution in [0.2, 0.25) is 0 Å². The maximum absolute atomic E-state index is 6.20. The molecule has 0 bridgehead atoms. The molecule has 21 heavy (non-hydrogen) atoms. The molecule has 4 atom stereocenters. The Hall–Kier alpha value is -0.930. The molecule has 1 fully saturated rings. The van der Waals surface area contributed by atoms with Crippen molar-refractivity contribution in [3.63, 3.8) is 0 Å². The number of ether oxygens (including phenoxy) is 1. The number of fused-ring (bicyclic) bond motifs is 1. The van der Waals surface area contributed by atoms with Crippen molar-refractivity contribution in [3.8, 4) is 0 Å². The number of hydrogen-bond donors (Lipinski definition) is 1. The normalized spacial score (nSPS) is 30.1. The lowest BCUT2D eigenvalue weighted by molar-refractivity contribution is 0.0236. The fourth-order valence-corrected chi connectivity index (χ4v) is 3.94. The third-order valence-corrected chi connectivity index (χ3v) is 4.97. The van der Waals surface area contributed by atoms with Crippen LogP contribution >= 0.6 is 0 Å². The summed E-state index contributed by atoms with van der Waals surface area (Å²) in [5.74, 6) is 0.511. The highest BCUT2D eigenvalue weighted by Crippen LogP contribution is 2.36. The molecule has 116 valence electrons. The zero-order valence-corrected chi connectivity index (χ0v) is 13.3. The van der Waals surface area contributed by atoms with Crippen LogP contribution in [-0.4, -0.2) is 29.8 Å². The van der Waals surface area contributed by atoms with Crippen molar-refractivity contribution < 1.29 is 4.74 Å². The van der Waals surface area contributed by atoms with Gasteiger partial charge >= 0.3 is 0 Å². The molecule has 1 N–H and O–H groups in total. The summed E-state index contributed by atoms with van der Waals surface area (Å²) in [6, 6.07) is 4.75. The number of aromatic nitrogens is 1. The van der Waals surface area contributed by atoms with Crippen LogP contribution in [0.4, 0.5) is 0 Å². The van der Waals surface area contributed by atoms with Gasteiger partial charge in [-0.15, -0.1) is 0 Å². The summed E-state index contributed by atoms with van der Waals surface area (Å²) in [6.07, 6.45) is 9.94. The fraction of sp³-hybridized carbons (Fsp3) is 0.722. The number of rotatable bonds is 5. The van der Waals surface area contributed by atoms with Crippen molar-refractivity contribution in [2.45, 2.75) is 76.5 Å². The lowest BCUT2D eigenvalue weighted by Crippen LogP contribution is -2.46. The van der Waals surface area contributed by atoms with Crippen molar-refractivity contribution in [3.05, 3.63) is 29.6 Å². The highest BCUT2D eigenvalue weighted by Gasteiger charge is 2.37. The highest BCUT2D eigenvalue weighted by atomic mass is 16.5. The first-order valence-electron chi connectivity index (χ1n) is 8.62. The van der Waals surface area contributed by atoms with Crippen LogP contribution in [0.15, 0.2) is 18.3 Å².